The molecule has 0 unspecified atom stereocenters. The highest BCUT2D eigenvalue weighted by Gasteiger charge is 2.51. The maximum atomic E-state index is 11.7. The maximum absolute atomic E-state index is 11.7. The van der Waals surface area contributed by atoms with E-state index in [4.69, 9.17) is 14.0 Å². The number of hydrogen-bond donors (Lipinski definition) is 0. The third kappa shape index (κ3) is 3.71. The molecule has 1 aliphatic heterocycles. The number of rotatable bonds is 4. The summed E-state index contributed by atoms with van der Waals surface area (Å²) in [5, 5.41) is 0. The molecule has 1 aliphatic rings. The van der Waals surface area contributed by atoms with Gasteiger partial charge in [0, 0.05) is 0 Å². The first-order chi connectivity index (χ1) is 10.1. The van der Waals surface area contributed by atoms with Crippen LogP contribution in [-0.2, 0) is 25.3 Å². The smallest absolute Gasteiger partial charge is 0.463 e. The summed E-state index contributed by atoms with van der Waals surface area (Å²) in [5.74, 6) is -0.210. The molecule has 0 N–H and O–H groups in total. The van der Waals surface area contributed by atoms with Gasteiger partial charge in [-0.3, -0.25) is 4.79 Å². The molecule has 1 fully saturated rings. The minimum atomic E-state index is -0.373. The van der Waals surface area contributed by atoms with E-state index in [1.54, 1.807) is 0 Å². The van der Waals surface area contributed by atoms with Crippen molar-refractivity contribution < 1.29 is 18.8 Å². The molecule has 0 amide bonds. The van der Waals surface area contributed by atoms with E-state index in [1.165, 1.54) is 0 Å². The van der Waals surface area contributed by atoms with E-state index >= 15 is 0 Å². The second-order valence-electron chi connectivity index (χ2n) is 7.05. The highest BCUT2D eigenvalue weighted by Crippen LogP contribution is 2.36. The summed E-state index contributed by atoms with van der Waals surface area (Å²) in [6.07, 6.45) is 0.193. The van der Waals surface area contributed by atoms with Gasteiger partial charge in [0.05, 0.1) is 23.7 Å². The van der Waals surface area contributed by atoms with Crippen molar-refractivity contribution in [3.05, 3.63) is 29.8 Å². The van der Waals surface area contributed by atoms with Gasteiger partial charge in [-0.05, 0) is 52.6 Å². The van der Waals surface area contributed by atoms with E-state index in [0.29, 0.717) is 0 Å². The molecular formula is C17H25BO4. The van der Waals surface area contributed by atoms with Crippen molar-refractivity contribution in [2.75, 3.05) is 0 Å². The molecule has 0 spiro atoms. The predicted octanol–water partition coefficient (Wildman–Crippen LogP) is 2.48. The van der Waals surface area contributed by atoms with Gasteiger partial charge in [0.2, 0.25) is 0 Å². The molecule has 1 saturated heterocycles. The number of carbonyl (C=O) groups excluding carboxylic acids is 1. The summed E-state index contributed by atoms with van der Waals surface area (Å²) in [4.78, 5) is 11.7. The van der Waals surface area contributed by atoms with Crippen LogP contribution >= 0.6 is 0 Å². The first-order valence-electron chi connectivity index (χ1n) is 7.75. The monoisotopic (exact) mass is 304 g/mol. The molecule has 1 aromatic rings. The van der Waals surface area contributed by atoms with Crippen LogP contribution in [0.5, 0.6) is 0 Å². The molecule has 0 atom stereocenters. The van der Waals surface area contributed by atoms with E-state index in [0.717, 1.165) is 11.0 Å². The molecule has 1 aromatic carbocycles. The highest BCUT2D eigenvalue weighted by molar-refractivity contribution is 6.62. The van der Waals surface area contributed by atoms with Gasteiger partial charge in [-0.25, -0.2) is 0 Å². The fourth-order valence-corrected chi connectivity index (χ4v) is 2.24. The van der Waals surface area contributed by atoms with Gasteiger partial charge in [0.1, 0.15) is 0 Å². The molecule has 2 rings (SSSR count). The maximum Gasteiger partial charge on any atom is 0.494 e. The van der Waals surface area contributed by atoms with Gasteiger partial charge >= 0.3 is 13.1 Å². The summed E-state index contributed by atoms with van der Waals surface area (Å²) in [7, 11) is -0.373. The Morgan fingerprint density at radius 3 is 2.05 bits per heavy atom. The molecule has 0 aliphatic carbocycles. The first kappa shape index (κ1) is 17.0. The lowest BCUT2D eigenvalue weighted by molar-refractivity contribution is -0.146. The molecule has 0 saturated carbocycles. The Bertz CT molecular complexity index is 518. The molecule has 4 nitrogen and oxygen atoms in total. The minimum Gasteiger partial charge on any atom is -0.463 e. The molecule has 5 heteroatoms. The molecular weight excluding hydrogens is 279 g/mol. The molecule has 120 valence electrons. The SMILES string of the molecule is CC(C)OC(=O)Cc1ccc(B2OC(C)(C)C(C)(C)O2)cc1. The van der Waals surface area contributed by atoms with Crippen LogP contribution in [0.1, 0.15) is 47.1 Å². The molecule has 0 radical (unpaired) electrons. The zero-order valence-corrected chi connectivity index (χ0v) is 14.3. The molecule has 22 heavy (non-hydrogen) atoms. The highest BCUT2D eigenvalue weighted by atomic mass is 16.7. The van der Waals surface area contributed by atoms with Gasteiger partial charge in [-0.15, -0.1) is 0 Å². The number of carbonyl (C=O) groups is 1. The number of hydrogen-bond acceptors (Lipinski definition) is 4. The van der Waals surface area contributed by atoms with Crippen LogP contribution in [0.3, 0.4) is 0 Å². The van der Waals surface area contributed by atoms with Crippen molar-refractivity contribution in [2.24, 2.45) is 0 Å². The minimum absolute atomic E-state index is 0.0866. The lowest BCUT2D eigenvalue weighted by Crippen LogP contribution is -2.41. The van der Waals surface area contributed by atoms with E-state index in [-0.39, 0.29) is 36.8 Å². The van der Waals surface area contributed by atoms with E-state index in [2.05, 4.69) is 0 Å². The van der Waals surface area contributed by atoms with Crippen molar-refractivity contribution in [2.45, 2.75) is 65.3 Å². The second-order valence-corrected chi connectivity index (χ2v) is 7.05. The van der Waals surface area contributed by atoms with Crippen LogP contribution in [0.2, 0.25) is 0 Å². The molecule has 0 aromatic heterocycles. The Morgan fingerprint density at radius 1 is 1.09 bits per heavy atom. The largest absolute Gasteiger partial charge is 0.494 e. The first-order valence-corrected chi connectivity index (χ1v) is 7.75. The topological polar surface area (TPSA) is 44.8 Å². The predicted molar refractivity (Wildman–Crippen MR) is 87.1 cm³/mol. The summed E-state index contributed by atoms with van der Waals surface area (Å²) in [6.45, 7) is 11.8. The van der Waals surface area contributed by atoms with Gasteiger partial charge in [0.25, 0.3) is 0 Å². The van der Waals surface area contributed by atoms with Crippen LogP contribution in [0.15, 0.2) is 24.3 Å². The van der Waals surface area contributed by atoms with Gasteiger partial charge < -0.3 is 14.0 Å². The van der Waals surface area contributed by atoms with Crippen LogP contribution in [0, 0.1) is 0 Å². The Morgan fingerprint density at radius 2 is 1.59 bits per heavy atom. The lowest BCUT2D eigenvalue weighted by atomic mass is 9.79. The van der Waals surface area contributed by atoms with E-state index in [9.17, 15) is 4.79 Å². The molecule has 0 bridgehead atoms. The van der Waals surface area contributed by atoms with E-state index in [1.807, 2.05) is 65.8 Å². The number of ether oxygens (including phenoxy) is 1. The van der Waals surface area contributed by atoms with Crippen LogP contribution in [0.25, 0.3) is 0 Å². The van der Waals surface area contributed by atoms with Crippen LogP contribution < -0.4 is 5.46 Å². The van der Waals surface area contributed by atoms with Crippen molar-refractivity contribution in [1.29, 1.82) is 0 Å². The zero-order valence-electron chi connectivity index (χ0n) is 14.3. The quantitative estimate of drug-likeness (QED) is 0.633. The summed E-state index contributed by atoms with van der Waals surface area (Å²) in [6, 6.07) is 7.73. The Balaban J connectivity index is 2.03. The van der Waals surface area contributed by atoms with Crippen molar-refractivity contribution in [1.82, 2.24) is 0 Å². The third-order valence-electron chi connectivity index (χ3n) is 4.22. The van der Waals surface area contributed by atoms with Gasteiger partial charge in [-0.1, -0.05) is 24.3 Å². The van der Waals surface area contributed by atoms with Crippen molar-refractivity contribution >= 4 is 18.6 Å². The zero-order chi connectivity index (χ0) is 16.5. The number of benzene rings is 1. The molecule has 1 heterocycles. The average molecular weight is 304 g/mol. The average Bonchev–Trinajstić information content (AvgIpc) is 2.58. The van der Waals surface area contributed by atoms with Crippen LogP contribution in [0.4, 0.5) is 0 Å². The number of esters is 1. The van der Waals surface area contributed by atoms with Crippen molar-refractivity contribution in [3.8, 4) is 0 Å². The van der Waals surface area contributed by atoms with Crippen LogP contribution in [-0.4, -0.2) is 30.4 Å². The second kappa shape index (κ2) is 6.05. The van der Waals surface area contributed by atoms with Gasteiger partial charge in [-0.2, -0.15) is 0 Å². The Hall–Kier alpha value is -1.33. The van der Waals surface area contributed by atoms with E-state index < -0.39 is 0 Å². The Labute approximate surface area is 133 Å². The lowest BCUT2D eigenvalue weighted by Gasteiger charge is -2.32. The van der Waals surface area contributed by atoms with Gasteiger partial charge in [0.15, 0.2) is 0 Å². The fraction of sp³-hybridized carbons (Fsp3) is 0.588. The normalized spacial score (nSPS) is 19.5. The fourth-order valence-electron chi connectivity index (χ4n) is 2.24. The Kier molecular flexibility index (Phi) is 4.69. The summed E-state index contributed by atoms with van der Waals surface area (Å²) < 4.78 is 17.2. The third-order valence-corrected chi connectivity index (χ3v) is 4.22. The van der Waals surface area contributed by atoms with Crippen molar-refractivity contribution in [3.63, 3.8) is 0 Å². The standard InChI is InChI=1S/C17H25BO4/c1-12(2)20-15(19)11-13-7-9-14(10-8-13)18-21-16(3,4)17(5,6)22-18/h7-10,12H,11H2,1-6H3. The summed E-state index contributed by atoms with van der Waals surface area (Å²) in [5.41, 5.74) is 1.18. The summed E-state index contributed by atoms with van der Waals surface area (Å²) >= 11 is 0.